The van der Waals surface area contributed by atoms with Crippen LogP contribution in [0.3, 0.4) is 0 Å². The highest BCUT2D eigenvalue weighted by Gasteiger charge is 2.15. The van der Waals surface area contributed by atoms with Crippen molar-refractivity contribution in [1.29, 1.82) is 0 Å². The lowest BCUT2D eigenvalue weighted by Gasteiger charge is -2.05. The molecular weight excluding hydrogens is 362 g/mol. The Bertz CT molecular complexity index is 985. The molecule has 28 heavy (non-hydrogen) atoms. The van der Waals surface area contributed by atoms with E-state index in [1.165, 1.54) is 0 Å². The molecule has 2 aromatic carbocycles. The van der Waals surface area contributed by atoms with Gasteiger partial charge >= 0.3 is 0 Å². The Kier molecular flexibility index (Phi) is 5.09. The van der Waals surface area contributed by atoms with Gasteiger partial charge in [-0.05, 0) is 29.8 Å². The lowest BCUT2D eigenvalue weighted by atomic mass is 10.2. The van der Waals surface area contributed by atoms with Crippen molar-refractivity contribution in [3.63, 3.8) is 0 Å². The van der Waals surface area contributed by atoms with E-state index >= 15 is 0 Å². The third kappa shape index (κ3) is 3.90. The fraction of sp³-hybridized carbons (Fsp3) is 0.250. The summed E-state index contributed by atoms with van der Waals surface area (Å²) in [7, 11) is 1.59. The van der Waals surface area contributed by atoms with Crippen molar-refractivity contribution in [3.05, 3.63) is 53.9 Å². The number of fused-ring (bicyclic) bond motifs is 1. The molecule has 2 heterocycles. The number of hydrogen-bond donors (Lipinski definition) is 1. The molecule has 0 atom stereocenters. The first kappa shape index (κ1) is 17.8. The van der Waals surface area contributed by atoms with Crippen molar-refractivity contribution in [2.45, 2.75) is 19.4 Å². The smallest absolute Gasteiger partial charge is 0.231 e. The minimum atomic E-state index is -0.102. The summed E-state index contributed by atoms with van der Waals surface area (Å²) in [6.07, 6.45) is 0.604. The summed E-state index contributed by atoms with van der Waals surface area (Å²) in [5.41, 5.74) is 1.68. The highest BCUT2D eigenvalue weighted by Crippen LogP contribution is 2.32. The van der Waals surface area contributed by atoms with Gasteiger partial charge in [0.15, 0.2) is 11.5 Å². The number of amides is 1. The molecule has 0 fully saturated rings. The molecule has 0 radical (unpaired) electrons. The van der Waals surface area contributed by atoms with Crippen LogP contribution in [-0.4, -0.2) is 30.0 Å². The van der Waals surface area contributed by atoms with Gasteiger partial charge in [-0.1, -0.05) is 23.4 Å². The van der Waals surface area contributed by atoms with E-state index in [1.807, 2.05) is 42.5 Å². The Labute approximate surface area is 161 Å². The molecule has 8 nitrogen and oxygen atoms in total. The minimum Gasteiger partial charge on any atom is -0.496 e. The van der Waals surface area contributed by atoms with Crippen LogP contribution < -0.4 is 19.5 Å². The Balaban J connectivity index is 1.30. The predicted molar refractivity (Wildman–Crippen MR) is 99.0 cm³/mol. The molecule has 144 valence electrons. The van der Waals surface area contributed by atoms with E-state index in [0.29, 0.717) is 36.2 Å². The summed E-state index contributed by atoms with van der Waals surface area (Å²) in [6, 6.07) is 13.0. The molecular formula is C20H19N3O5. The summed E-state index contributed by atoms with van der Waals surface area (Å²) in [4.78, 5) is 16.5. The number of methoxy groups -OCH3 is 1. The van der Waals surface area contributed by atoms with E-state index in [-0.39, 0.29) is 19.1 Å². The molecule has 1 N–H and O–H groups in total. The molecule has 0 saturated heterocycles. The van der Waals surface area contributed by atoms with E-state index in [2.05, 4.69) is 15.5 Å². The zero-order valence-electron chi connectivity index (χ0n) is 15.3. The SMILES string of the molecule is COc1ccccc1-c1noc(CCC(=O)NCc2ccc3c(c2)OCO3)n1. The van der Waals surface area contributed by atoms with Gasteiger partial charge in [0.05, 0.1) is 12.7 Å². The van der Waals surface area contributed by atoms with E-state index in [9.17, 15) is 4.79 Å². The van der Waals surface area contributed by atoms with Crippen LogP contribution in [0.25, 0.3) is 11.4 Å². The van der Waals surface area contributed by atoms with Crippen LogP contribution in [-0.2, 0) is 17.8 Å². The zero-order chi connectivity index (χ0) is 19.3. The first-order chi connectivity index (χ1) is 13.7. The molecule has 8 heteroatoms. The first-order valence-corrected chi connectivity index (χ1v) is 8.84. The topological polar surface area (TPSA) is 95.7 Å². The Hall–Kier alpha value is -3.55. The van der Waals surface area contributed by atoms with Crippen molar-refractivity contribution in [1.82, 2.24) is 15.5 Å². The summed E-state index contributed by atoms with van der Waals surface area (Å²) < 4.78 is 21.2. The van der Waals surface area contributed by atoms with Crippen LogP contribution in [0.5, 0.6) is 17.2 Å². The third-order valence-electron chi connectivity index (χ3n) is 4.31. The maximum atomic E-state index is 12.1. The number of aryl methyl sites for hydroxylation is 1. The fourth-order valence-corrected chi connectivity index (χ4v) is 2.86. The third-order valence-corrected chi connectivity index (χ3v) is 4.31. The van der Waals surface area contributed by atoms with Crippen LogP contribution in [0.1, 0.15) is 17.9 Å². The number of carbonyl (C=O) groups is 1. The van der Waals surface area contributed by atoms with Gasteiger partial charge in [-0.25, -0.2) is 0 Å². The number of nitrogens with one attached hydrogen (secondary N) is 1. The van der Waals surface area contributed by atoms with Crippen LogP contribution in [0, 0.1) is 0 Å². The van der Waals surface area contributed by atoms with Gasteiger partial charge < -0.3 is 24.1 Å². The van der Waals surface area contributed by atoms with Gasteiger partial charge in [0, 0.05) is 19.4 Å². The van der Waals surface area contributed by atoms with Crippen molar-refractivity contribution in [2.75, 3.05) is 13.9 Å². The standard InChI is InChI=1S/C20H19N3O5/c1-25-15-5-3-2-4-14(15)20-22-19(28-23-20)9-8-18(24)21-11-13-6-7-16-17(10-13)27-12-26-16/h2-7,10H,8-9,11-12H2,1H3,(H,21,24). The van der Waals surface area contributed by atoms with Gasteiger partial charge in [0.2, 0.25) is 24.4 Å². The Morgan fingerprint density at radius 3 is 2.93 bits per heavy atom. The van der Waals surface area contributed by atoms with E-state index in [1.54, 1.807) is 7.11 Å². The zero-order valence-corrected chi connectivity index (χ0v) is 15.3. The van der Waals surface area contributed by atoms with Gasteiger partial charge in [0.1, 0.15) is 5.75 Å². The average Bonchev–Trinajstić information content (AvgIpc) is 3.39. The van der Waals surface area contributed by atoms with Gasteiger partial charge in [-0.2, -0.15) is 4.98 Å². The molecule has 1 aliphatic heterocycles. The number of ether oxygens (including phenoxy) is 3. The predicted octanol–water partition coefficient (Wildman–Crippen LogP) is 2.72. The number of hydrogen-bond acceptors (Lipinski definition) is 7. The Morgan fingerprint density at radius 2 is 2.04 bits per heavy atom. The second kappa shape index (κ2) is 7.99. The maximum Gasteiger partial charge on any atom is 0.231 e. The number of para-hydroxylation sites is 1. The summed E-state index contributed by atoms with van der Waals surface area (Å²) in [5.74, 6) is 2.82. The lowest BCUT2D eigenvalue weighted by Crippen LogP contribution is -2.23. The van der Waals surface area contributed by atoms with E-state index in [0.717, 1.165) is 16.9 Å². The number of aromatic nitrogens is 2. The van der Waals surface area contributed by atoms with Crippen LogP contribution in [0.2, 0.25) is 0 Å². The van der Waals surface area contributed by atoms with Crippen molar-refractivity contribution in [3.8, 4) is 28.6 Å². The minimum absolute atomic E-state index is 0.102. The molecule has 0 saturated carbocycles. The molecule has 3 aromatic rings. The number of carbonyl (C=O) groups excluding carboxylic acids is 1. The molecule has 0 spiro atoms. The molecule has 0 bridgehead atoms. The molecule has 0 aliphatic carbocycles. The molecule has 4 rings (SSSR count). The quantitative estimate of drug-likeness (QED) is 0.672. The summed E-state index contributed by atoms with van der Waals surface area (Å²) in [5, 5.41) is 6.85. The largest absolute Gasteiger partial charge is 0.496 e. The highest BCUT2D eigenvalue weighted by molar-refractivity contribution is 5.76. The molecule has 1 amide bonds. The molecule has 1 aromatic heterocycles. The highest BCUT2D eigenvalue weighted by atomic mass is 16.7. The summed E-state index contributed by atoms with van der Waals surface area (Å²) in [6.45, 7) is 0.637. The second-order valence-corrected chi connectivity index (χ2v) is 6.18. The number of nitrogens with zero attached hydrogens (tertiary/aromatic N) is 2. The Morgan fingerprint density at radius 1 is 1.18 bits per heavy atom. The van der Waals surface area contributed by atoms with Gasteiger partial charge in [0.25, 0.3) is 0 Å². The van der Waals surface area contributed by atoms with Crippen molar-refractivity contribution in [2.24, 2.45) is 0 Å². The van der Waals surface area contributed by atoms with Crippen LogP contribution in [0.4, 0.5) is 0 Å². The van der Waals surface area contributed by atoms with Gasteiger partial charge in [-0.3, -0.25) is 4.79 Å². The number of rotatable bonds is 7. The van der Waals surface area contributed by atoms with Crippen molar-refractivity contribution >= 4 is 5.91 Å². The normalized spacial score (nSPS) is 12.0. The van der Waals surface area contributed by atoms with E-state index < -0.39 is 0 Å². The first-order valence-electron chi connectivity index (χ1n) is 8.84. The van der Waals surface area contributed by atoms with Gasteiger partial charge in [-0.15, -0.1) is 0 Å². The second-order valence-electron chi connectivity index (χ2n) is 6.18. The van der Waals surface area contributed by atoms with Crippen LogP contribution >= 0.6 is 0 Å². The average molecular weight is 381 g/mol. The molecule has 0 unspecified atom stereocenters. The number of benzene rings is 2. The summed E-state index contributed by atoms with van der Waals surface area (Å²) >= 11 is 0. The molecule has 1 aliphatic rings. The maximum absolute atomic E-state index is 12.1. The lowest BCUT2D eigenvalue weighted by molar-refractivity contribution is -0.121. The van der Waals surface area contributed by atoms with Crippen molar-refractivity contribution < 1.29 is 23.5 Å². The monoisotopic (exact) mass is 381 g/mol. The fourth-order valence-electron chi connectivity index (χ4n) is 2.86. The van der Waals surface area contributed by atoms with E-state index in [4.69, 9.17) is 18.7 Å². The van der Waals surface area contributed by atoms with Crippen LogP contribution in [0.15, 0.2) is 47.0 Å².